The summed E-state index contributed by atoms with van der Waals surface area (Å²) in [6.07, 6.45) is 1.30. The summed E-state index contributed by atoms with van der Waals surface area (Å²) in [5.41, 5.74) is 0.603. The van der Waals surface area contributed by atoms with Crippen LogP contribution in [0.3, 0.4) is 0 Å². The van der Waals surface area contributed by atoms with Crippen LogP contribution in [0.4, 0.5) is 4.39 Å². The van der Waals surface area contributed by atoms with E-state index in [0.717, 1.165) is 4.47 Å². The number of benzene rings is 2. The van der Waals surface area contributed by atoms with Crippen LogP contribution in [-0.4, -0.2) is 29.4 Å². The minimum absolute atomic E-state index is 0.218. The van der Waals surface area contributed by atoms with Crippen molar-refractivity contribution in [2.75, 3.05) is 6.54 Å². The molecule has 4 rings (SSSR count). The van der Waals surface area contributed by atoms with Gasteiger partial charge in [-0.1, -0.05) is 21.1 Å². The monoisotopic (exact) mass is 451 g/mol. The molecule has 0 amide bonds. The van der Waals surface area contributed by atoms with Crippen molar-refractivity contribution in [2.45, 2.75) is 23.8 Å². The lowest BCUT2D eigenvalue weighted by Gasteiger charge is -2.21. The van der Waals surface area contributed by atoms with Gasteiger partial charge in [-0.25, -0.2) is 12.8 Å². The highest BCUT2D eigenvalue weighted by Crippen LogP contribution is 2.36. The molecule has 0 saturated carbocycles. The Labute approximate surface area is 164 Å². The lowest BCUT2D eigenvalue weighted by atomic mass is 10.2. The van der Waals surface area contributed by atoms with Gasteiger partial charge in [-0.05, 0) is 61.4 Å². The van der Waals surface area contributed by atoms with E-state index in [-0.39, 0.29) is 16.6 Å². The fourth-order valence-corrected chi connectivity index (χ4v) is 5.02. The molecule has 27 heavy (non-hydrogen) atoms. The van der Waals surface area contributed by atoms with E-state index < -0.39 is 16.1 Å². The molecule has 140 valence electrons. The predicted octanol–water partition coefficient (Wildman–Crippen LogP) is 4.16. The molecule has 2 heterocycles. The van der Waals surface area contributed by atoms with E-state index in [9.17, 15) is 12.8 Å². The molecule has 9 heteroatoms. The second kappa shape index (κ2) is 7.14. The molecular weight excluding hydrogens is 437 g/mol. The summed E-state index contributed by atoms with van der Waals surface area (Å²) in [5.74, 6) is 0.190. The number of hydrogen-bond donors (Lipinski definition) is 0. The van der Waals surface area contributed by atoms with E-state index in [4.69, 9.17) is 4.52 Å². The minimum Gasteiger partial charge on any atom is -0.337 e. The van der Waals surface area contributed by atoms with Gasteiger partial charge in [0, 0.05) is 16.6 Å². The third kappa shape index (κ3) is 3.54. The van der Waals surface area contributed by atoms with Crippen LogP contribution >= 0.6 is 15.9 Å². The average molecular weight is 452 g/mol. The van der Waals surface area contributed by atoms with Crippen molar-refractivity contribution in [1.82, 2.24) is 14.4 Å². The Hall–Kier alpha value is -2.10. The van der Waals surface area contributed by atoms with Gasteiger partial charge < -0.3 is 4.52 Å². The summed E-state index contributed by atoms with van der Waals surface area (Å²) >= 11 is 3.31. The van der Waals surface area contributed by atoms with Gasteiger partial charge in [0.25, 0.3) is 0 Å². The van der Waals surface area contributed by atoms with E-state index in [1.807, 2.05) is 0 Å². The molecule has 0 spiro atoms. The van der Waals surface area contributed by atoms with Gasteiger partial charge in [0.05, 0.1) is 4.90 Å². The Bertz CT molecular complexity index is 1050. The third-order valence-corrected chi connectivity index (χ3v) is 6.90. The molecule has 1 aliphatic rings. The van der Waals surface area contributed by atoms with E-state index in [1.54, 1.807) is 36.4 Å². The summed E-state index contributed by atoms with van der Waals surface area (Å²) in [6.45, 7) is 0.386. The number of halogens is 2. The van der Waals surface area contributed by atoms with Crippen molar-refractivity contribution in [2.24, 2.45) is 0 Å². The topological polar surface area (TPSA) is 76.3 Å². The van der Waals surface area contributed by atoms with Crippen LogP contribution < -0.4 is 0 Å². The number of aromatic nitrogens is 2. The zero-order valence-electron chi connectivity index (χ0n) is 14.0. The number of sulfonamides is 1. The molecule has 1 unspecified atom stereocenters. The highest BCUT2D eigenvalue weighted by molar-refractivity contribution is 9.10. The van der Waals surface area contributed by atoms with Gasteiger partial charge in [0.2, 0.25) is 21.7 Å². The van der Waals surface area contributed by atoms with Crippen LogP contribution in [0.25, 0.3) is 11.4 Å². The maximum Gasteiger partial charge on any atom is 0.245 e. The van der Waals surface area contributed by atoms with Gasteiger partial charge in [-0.15, -0.1) is 0 Å². The molecule has 1 aromatic heterocycles. The Morgan fingerprint density at radius 3 is 2.52 bits per heavy atom. The Kier molecular flexibility index (Phi) is 4.83. The SMILES string of the molecule is O=S(=O)(c1ccc(Br)cc1)N1CCCC1c1nc(-c2ccc(F)cc2)no1. The zero-order valence-corrected chi connectivity index (χ0v) is 16.5. The Balaban J connectivity index is 1.64. The molecule has 0 radical (unpaired) electrons. The van der Waals surface area contributed by atoms with Gasteiger partial charge in [0.15, 0.2) is 0 Å². The van der Waals surface area contributed by atoms with Crippen molar-refractivity contribution in [3.05, 3.63) is 64.7 Å². The quantitative estimate of drug-likeness (QED) is 0.594. The standard InChI is InChI=1S/C18H15BrFN3O3S/c19-13-5-9-15(10-6-13)27(24,25)23-11-1-2-16(23)18-21-17(22-26-18)12-3-7-14(20)8-4-12/h3-10,16H,1-2,11H2. The van der Waals surface area contributed by atoms with E-state index in [1.165, 1.54) is 16.4 Å². The van der Waals surface area contributed by atoms with Crippen LogP contribution in [0, 0.1) is 5.82 Å². The summed E-state index contributed by atoms with van der Waals surface area (Å²) < 4.78 is 46.7. The number of rotatable bonds is 4. The zero-order chi connectivity index (χ0) is 19.0. The molecule has 6 nitrogen and oxygen atoms in total. The normalized spacial score (nSPS) is 18.1. The molecular formula is C18H15BrFN3O3S. The average Bonchev–Trinajstić information content (AvgIpc) is 3.32. The molecule has 1 fully saturated rings. The second-order valence-electron chi connectivity index (χ2n) is 6.19. The number of nitrogens with zero attached hydrogens (tertiary/aromatic N) is 3. The van der Waals surface area contributed by atoms with Gasteiger partial charge in [0.1, 0.15) is 11.9 Å². The lowest BCUT2D eigenvalue weighted by Crippen LogP contribution is -2.30. The van der Waals surface area contributed by atoms with E-state index in [2.05, 4.69) is 26.1 Å². The molecule has 1 atom stereocenters. The van der Waals surface area contributed by atoms with Crippen molar-refractivity contribution < 1.29 is 17.3 Å². The molecule has 0 N–H and O–H groups in total. The smallest absolute Gasteiger partial charge is 0.245 e. The fraction of sp³-hybridized carbons (Fsp3) is 0.222. The summed E-state index contributed by atoms with van der Waals surface area (Å²) in [4.78, 5) is 4.57. The fourth-order valence-electron chi connectivity index (χ4n) is 3.10. The van der Waals surface area contributed by atoms with Crippen molar-refractivity contribution >= 4 is 26.0 Å². The summed E-state index contributed by atoms with van der Waals surface area (Å²) in [7, 11) is -3.68. The highest BCUT2D eigenvalue weighted by Gasteiger charge is 2.39. The largest absolute Gasteiger partial charge is 0.337 e. The first-order valence-corrected chi connectivity index (χ1v) is 10.6. The molecule has 2 aromatic carbocycles. The van der Waals surface area contributed by atoms with Gasteiger partial charge in [-0.2, -0.15) is 9.29 Å². The molecule has 1 aliphatic heterocycles. The van der Waals surface area contributed by atoms with E-state index >= 15 is 0 Å². The first-order valence-electron chi connectivity index (χ1n) is 8.32. The maximum atomic E-state index is 13.1. The summed E-state index contributed by atoms with van der Waals surface area (Å²) in [6, 6.07) is 11.7. The first kappa shape index (κ1) is 18.3. The van der Waals surface area contributed by atoms with Crippen LogP contribution in [0.5, 0.6) is 0 Å². The van der Waals surface area contributed by atoms with Crippen molar-refractivity contribution in [3.63, 3.8) is 0 Å². The third-order valence-electron chi connectivity index (χ3n) is 4.45. The molecule has 1 saturated heterocycles. The van der Waals surface area contributed by atoms with Crippen LogP contribution in [0.1, 0.15) is 24.8 Å². The van der Waals surface area contributed by atoms with Crippen molar-refractivity contribution in [3.8, 4) is 11.4 Å². The Morgan fingerprint density at radius 2 is 1.81 bits per heavy atom. The minimum atomic E-state index is -3.68. The second-order valence-corrected chi connectivity index (χ2v) is 9.00. The molecule has 0 bridgehead atoms. The summed E-state index contributed by atoms with van der Waals surface area (Å²) in [5, 5.41) is 3.93. The highest BCUT2D eigenvalue weighted by atomic mass is 79.9. The predicted molar refractivity (Wildman–Crippen MR) is 99.7 cm³/mol. The van der Waals surface area contributed by atoms with Crippen LogP contribution in [0.2, 0.25) is 0 Å². The molecule has 3 aromatic rings. The maximum absolute atomic E-state index is 13.1. The van der Waals surface area contributed by atoms with E-state index in [0.29, 0.717) is 30.8 Å². The number of hydrogen-bond acceptors (Lipinski definition) is 5. The van der Waals surface area contributed by atoms with Crippen molar-refractivity contribution in [1.29, 1.82) is 0 Å². The van der Waals surface area contributed by atoms with Crippen LogP contribution in [0.15, 0.2) is 62.4 Å². The Morgan fingerprint density at radius 1 is 1.11 bits per heavy atom. The van der Waals surface area contributed by atoms with Gasteiger partial charge >= 0.3 is 0 Å². The van der Waals surface area contributed by atoms with Gasteiger partial charge in [-0.3, -0.25) is 0 Å². The lowest BCUT2D eigenvalue weighted by molar-refractivity contribution is 0.290. The molecule has 0 aliphatic carbocycles. The first-order chi connectivity index (χ1) is 12.9. The van der Waals surface area contributed by atoms with Crippen LogP contribution in [-0.2, 0) is 10.0 Å².